The van der Waals surface area contributed by atoms with Crippen molar-refractivity contribution in [3.8, 4) is 11.5 Å². The van der Waals surface area contributed by atoms with Gasteiger partial charge in [0.15, 0.2) is 20.8 Å². The second-order valence-electron chi connectivity index (χ2n) is 6.96. The summed E-state index contributed by atoms with van der Waals surface area (Å²) in [5.74, 6) is -0.737. The minimum atomic E-state index is -4.04. The fourth-order valence-corrected chi connectivity index (χ4v) is 5.66. The monoisotopic (exact) mass is 391 g/mol. The van der Waals surface area contributed by atoms with Crippen molar-refractivity contribution in [1.29, 1.82) is 0 Å². The number of methoxy groups -OCH3 is 1. The molecule has 142 valence electrons. The van der Waals surface area contributed by atoms with Crippen LogP contribution >= 0.6 is 0 Å². The fourth-order valence-electron chi connectivity index (χ4n) is 3.84. The lowest BCUT2D eigenvalue weighted by Crippen LogP contribution is -2.63. The van der Waals surface area contributed by atoms with Crippen molar-refractivity contribution in [2.24, 2.45) is 0 Å². The van der Waals surface area contributed by atoms with Gasteiger partial charge in [0.1, 0.15) is 17.3 Å². The molecule has 8 heteroatoms. The van der Waals surface area contributed by atoms with E-state index in [1.165, 1.54) is 19.2 Å². The van der Waals surface area contributed by atoms with Crippen LogP contribution in [0.1, 0.15) is 24.8 Å². The maximum absolute atomic E-state index is 13.2. The van der Waals surface area contributed by atoms with Crippen LogP contribution in [0.15, 0.2) is 47.4 Å². The van der Waals surface area contributed by atoms with E-state index in [0.29, 0.717) is 23.5 Å². The largest absolute Gasteiger partial charge is 0.497 e. The maximum atomic E-state index is 13.2. The Morgan fingerprint density at radius 1 is 1.22 bits per heavy atom. The van der Waals surface area contributed by atoms with Gasteiger partial charge in [-0.2, -0.15) is 0 Å². The number of halogens is 1. The number of sulfone groups is 1. The molecule has 1 N–H and O–H groups in total. The van der Waals surface area contributed by atoms with Crippen molar-refractivity contribution in [1.82, 2.24) is 5.32 Å². The lowest BCUT2D eigenvalue weighted by molar-refractivity contribution is -0.132. The summed E-state index contributed by atoms with van der Waals surface area (Å²) in [5.41, 5.74) is -0.379. The number of ether oxygens (including phenoxy) is 2. The summed E-state index contributed by atoms with van der Waals surface area (Å²) < 4.78 is 50.8. The summed E-state index contributed by atoms with van der Waals surface area (Å²) >= 11 is 0. The highest BCUT2D eigenvalue weighted by Crippen LogP contribution is 2.48. The van der Waals surface area contributed by atoms with E-state index in [4.69, 9.17) is 9.47 Å². The third-order valence-corrected chi connectivity index (χ3v) is 7.19. The molecule has 0 radical (unpaired) electrons. The van der Waals surface area contributed by atoms with Crippen LogP contribution in [-0.2, 0) is 14.6 Å². The average Bonchev–Trinajstić information content (AvgIpc) is 2.60. The van der Waals surface area contributed by atoms with Gasteiger partial charge in [0.05, 0.1) is 12.0 Å². The highest BCUT2D eigenvalue weighted by Gasteiger charge is 2.54. The Balaban J connectivity index is 1.86. The van der Waals surface area contributed by atoms with Crippen LogP contribution < -0.4 is 14.8 Å². The van der Waals surface area contributed by atoms with Crippen molar-refractivity contribution in [3.63, 3.8) is 0 Å². The smallest absolute Gasteiger partial charge is 0.242 e. The lowest BCUT2D eigenvalue weighted by atomic mass is 9.81. The number of rotatable bonds is 3. The first-order chi connectivity index (χ1) is 12.7. The number of nitrogens with one attached hydrogen (secondary N) is 1. The molecule has 0 aromatic heterocycles. The molecule has 2 bridgehead atoms. The first kappa shape index (κ1) is 17.8. The normalized spacial score (nSPS) is 26.6. The zero-order valence-electron chi connectivity index (χ0n) is 14.7. The molecular formula is C19H18FNO5S. The molecule has 3 atom stereocenters. The molecule has 2 aromatic rings. The van der Waals surface area contributed by atoms with Crippen LogP contribution in [0, 0.1) is 5.82 Å². The van der Waals surface area contributed by atoms with E-state index < -0.39 is 38.5 Å². The second kappa shape index (κ2) is 5.95. The molecule has 2 aromatic carbocycles. The van der Waals surface area contributed by atoms with Gasteiger partial charge in [-0.15, -0.1) is 0 Å². The minimum Gasteiger partial charge on any atom is -0.497 e. The van der Waals surface area contributed by atoms with Gasteiger partial charge in [0.2, 0.25) is 5.91 Å². The molecular weight excluding hydrogens is 373 g/mol. The molecule has 0 aliphatic carbocycles. The zero-order chi connectivity index (χ0) is 19.4. The summed E-state index contributed by atoms with van der Waals surface area (Å²) in [6.45, 7) is 1.71. The van der Waals surface area contributed by atoms with Crippen LogP contribution in [-0.4, -0.2) is 32.4 Å². The predicted octanol–water partition coefficient (Wildman–Crippen LogP) is 2.39. The number of benzene rings is 2. The van der Waals surface area contributed by atoms with Gasteiger partial charge < -0.3 is 14.8 Å². The number of carbonyl (C=O) groups is 1. The third kappa shape index (κ3) is 2.84. The quantitative estimate of drug-likeness (QED) is 0.813. The second-order valence-corrected chi connectivity index (χ2v) is 9.03. The van der Waals surface area contributed by atoms with Crippen molar-refractivity contribution in [2.45, 2.75) is 35.1 Å². The topological polar surface area (TPSA) is 81.7 Å². The SMILES string of the molecule is COc1ccc2c(c1)[C@H]1C[C@@](C)(NC(=O)[C@H]1S(=O)(=O)c1ccc(F)cc1)O2. The maximum Gasteiger partial charge on any atom is 0.242 e. The van der Waals surface area contributed by atoms with Crippen molar-refractivity contribution < 1.29 is 27.1 Å². The van der Waals surface area contributed by atoms with Gasteiger partial charge in [0, 0.05) is 17.9 Å². The first-order valence-electron chi connectivity index (χ1n) is 8.42. The van der Waals surface area contributed by atoms with E-state index in [1.807, 2.05) is 0 Å². The van der Waals surface area contributed by atoms with E-state index >= 15 is 0 Å². The molecule has 1 amide bonds. The van der Waals surface area contributed by atoms with Crippen LogP contribution in [0.25, 0.3) is 0 Å². The number of amides is 1. The average molecular weight is 391 g/mol. The molecule has 1 saturated heterocycles. The Morgan fingerprint density at radius 3 is 2.59 bits per heavy atom. The minimum absolute atomic E-state index is 0.0939. The van der Waals surface area contributed by atoms with Gasteiger partial charge in [0.25, 0.3) is 0 Å². The Hall–Kier alpha value is -2.61. The lowest BCUT2D eigenvalue weighted by Gasteiger charge is -2.46. The predicted molar refractivity (Wildman–Crippen MR) is 94.9 cm³/mol. The van der Waals surface area contributed by atoms with Crippen LogP contribution in [0.3, 0.4) is 0 Å². The Kier molecular flexibility index (Phi) is 3.92. The van der Waals surface area contributed by atoms with Gasteiger partial charge in [-0.25, -0.2) is 12.8 Å². The zero-order valence-corrected chi connectivity index (χ0v) is 15.5. The van der Waals surface area contributed by atoms with E-state index in [-0.39, 0.29) is 4.90 Å². The molecule has 2 heterocycles. The van der Waals surface area contributed by atoms with Crippen molar-refractivity contribution in [2.75, 3.05) is 7.11 Å². The molecule has 1 fully saturated rings. The van der Waals surface area contributed by atoms with Gasteiger partial charge in [-0.1, -0.05) is 0 Å². The van der Waals surface area contributed by atoms with E-state index in [1.54, 1.807) is 25.1 Å². The van der Waals surface area contributed by atoms with Crippen LogP contribution in [0.5, 0.6) is 11.5 Å². The molecule has 27 heavy (non-hydrogen) atoms. The third-order valence-electron chi connectivity index (χ3n) is 5.05. The Morgan fingerprint density at radius 2 is 1.93 bits per heavy atom. The summed E-state index contributed by atoms with van der Waals surface area (Å²) in [4.78, 5) is 12.7. The molecule has 2 aliphatic heterocycles. The summed E-state index contributed by atoms with van der Waals surface area (Å²) in [6.07, 6.45) is 0.296. The first-order valence-corrected chi connectivity index (χ1v) is 9.97. The summed E-state index contributed by atoms with van der Waals surface area (Å²) in [6, 6.07) is 9.62. The molecule has 0 saturated carbocycles. The number of fused-ring (bicyclic) bond motifs is 4. The van der Waals surface area contributed by atoms with Gasteiger partial charge >= 0.3 is 0 Å². The van der Waals surface area contributed by atoms with E-state index in [9.17, 15) is 17.6 Å². The summed E-state index contributed by atoms with van der Waals surface area (Å²) in [7, 11) is -2.53. The standard InChI is InChI=1S/C19H18FNO5S/c1-19-10-15(14-9-12(25-2)5-8-16(14)26-19)17(18(22)21-19)27(23,24)13-6-3-11(20)4-7-13/h3-9,15,17H,10H2,1-2H3,(H,21,22)/t15-,17+,19+/m1/s1. The molecule has 0 unspecified atom stereocenters. The fraction of sp³-hybridized carbons (Fsp3) is 0.316. The Bertz CT molecular complexity index is 1020. The molecule has 6 nitrogen and oxygen atoms in total. The van der Waals surface area contributed by atoms with Gasteiger partial charge in [-0.05, 0) is 49.4 Å². The van der Waals surface area contributed by atoms with E-state index in [2.05, 4.69) is 5.32 Å². The van der Waals surface area contributed by atoms with Crippen LogP contribution in [0.2, 0.25) is 0 Å². The summed E-state index contributed by atoms with van der Waals surface area (Å²) in [5, 5.41) is 1.34. The van der Waals surface area contributed by atoms with Crippen molar-refractivity contribution in [3.05, 3.63) is 53.8 Å². The highest BCUT2D eigenvalue weighted by atomic mass is 32.2. The van der Waals surface area contributed by atoms with E-state index in [0.717, 1.165) is 12.1 Å². The number of hydrogen-bond acceptors (Lipinski definition) is 5. The highest BCUT2D eigenvalue weighted by molar-refractivity contribution is 7.92. The molecule has 0 spiro atoms. The Labute approximate surface area is 156 Å². The van der Waals surface area contributed by atoms with Crippen molar-refractivity contribution >= 4 is 15.7 Å². The number of hydrogen-bond donors (Lipinski definition) is 1. The van der Waals surface area contributed by atoms with Crippen LogP contribution in [0.4, 0.5) is 4.39 Å². The van der Waals surface area contributed by atoms with Gasteiger partial charge in [-0.3, -0.25) is 4.79 Å². The molecule has 2 aliphatic rings. The number of carbonyl (C=O) groups excluding carboxylic acids is 1. The number of piperidine rings is 1. The molecule has 4 rings (SSSR count).